The van der Waals surface area contributed by atoms with Crippen LogP contribution >= 0.6 is 27.5 Å². The highest BCUT2D eigenvalue weighted by Crippen LogP contribution is 2.26. The van der Waals surface area contributed by atoms with Crippen molar-refractivity contribution >= 4 is 43.4 Å². The molecule has 0 aliphatic carbocycles. The Kier molecular flexibility index (Phi) is 4.07. The van der Waals surface area contributed by atoms with Crippen molar-refractivity contribution in [3.05, 3.63) is 51.8 Å². The highest BCUT2D eigenvalue weighted by molar-refractivity contribution is 9.10. The fraction of sp³-hybridized carbons (Fsp3) is 0. The molecular weight excluding hydrogens is 359 g/mol. The number of sulfonamides is 1. The van der Waals surface area contributed by atoms with Crippen LogP contribution in [-0.2, 0) is 10.0 Å². The van der Waals surface area contributed by atoms with Crippen LogP contribution in [0.15, 0.2) is 45.9 Å². The van der Waals surface area contributed by atoms with Gasteiger partial charge in [0.15, 0.2) is 0 Å². The van der Waals surface area contributed by atoms with Gasteiger partial charge in [0.05, 0.1) is 11.2 Å². The zero-order chi connectivity index (χ0) is 14.0. The number of halogens is 3. The third-order valence-corrected chi connectivity index (χ3v) is 4.48. The zero-order valence-electron chi connectivity index (χ0n) is 9.27. The van der Waals surface area contributed by atoms with Gasteiger partial charge in [0.25, 0.3) is 10.0 Å². The maximum absolute atomic E-state index is 12.7. The lowest BCUT2D eigenvalue weighted by atomic mass is 10.4. The number of nitrogens with one attached hydrogen (secondary N) is 1. The SMILES string of the molecule is O=S(=O)(Nc1ccc(F)cn1)c1ccc(Br)cc1Cl. The van der Waals surface area contributed by atoms with E-state index in [4.69, 9.17) is 11.6 Å². The number of rotatable bonds is 3. The standard InChI is InChI=1S/C11H7BrClFN2O2S/c12-7-1-3-10(9(13)5-7)19(17,18)16-11-4-2-8(14)6-15-11/h1-6H,(H,15,16). The van der Waals surface area contributed by atoms with Crippen LogP contribution in [0.3, 0.4) is 0 Å². The maximum atomic E-state index is 12.7. The van der Waals surface area contributed by atoms with Crippen molar-refractivity contribution in [1.29, 1.82) is 0 Å². The van der Waals surface area contributed by atoms with Gasteiger partial charge in [-0.3, -0.25) is 4.72 Å². The first-order valence-electron chi connectivity index (χ1n) is 4.98. The number of nitrogens with zero attached hydrogens (tertiary/aromatic N) is 1. The predicted molar refractivity (Wildman–Crippen MR) is 74.2 cm³/mol. The first kappa shape index (κ1) is 14.2. The summed E-state index contributed by atoms with van der Waals surface area (Å²) in [5.74, 6) is -0.537. The van der Waals surface area contributed by atoms with E-state index in [0.29, 0.717) is 4.47 Å². The zero-order valence-corrected chi connectivity index (χ0v) is 12.4. The number of anilines is 1. The van der Waals surface area contributed by atoms with Crippen molar-refractivity contribution in [2.75, 3.05) is 4.72 Å². The van der Waals surface area contributed by atoms with Gasteiger partial charge >= 0.3 is 0 Å². The number of benzene rings is 1. The Hall–Kier alpha value is -1.18. The fourth-order valence-corrected chi connectivity index (χ4v) is 3.37. The fourth-order valence-electron chi connectivity index (χ4n) is 1.32. The Morgan fingerprint density at radius 1 is 1.26 bits per heavy atom. The average molecular weight is 366 g/mol. The van der Waals surface area contributed by atoms with Crippen LogP contribution in [0.25, 0.3) is 0 Å². The van der Waals surface area contributed by atoms with Gasteiger partial charge in [-0.2, -0.15) is 0 Å². The summed E-state index contributed by atoms with van der Waals surface area (Å²) in [6.45, 7) is 0. The van der Waals surface area contributed by atoms with Crippen LogP contribution in [0.4, 0.5) is 10.2 Å². The van der Waals surface area contributed by atoms with Crippen LogP contribution in [0, 0.1) is 5.82 Å². The molecule has 0 unspecified atom stereocenters. The molecule has 0 amide bonds. The van der Waals surface area contributed by atoms with Crippen LogP contribution in [0.1, 0.15) is 0 Å². The molecule has 0 saturated heterocycles. The molecule has 4 nitrogen and oxygen atoms in total. The number of hydrogen-bond acceptors (Lipinski definition) is 3. The second-order valence-electron chi connectivity index (χ2n) is 3.54. The highest BCUT2D eigenvalue weighted by atomic mass is 79.9. The lowest BCUT2D eigenvalue weighted by Crippen LogP contribution is -2.14. The molecule has 0 aliphatic heterocycles. The maximum Gasteiger partial charge on any atom is 0.264 e. The molecule has 0 spiro atoms. The second kappa shape index (κ2) is 5.44. The number of aromatic nitrogens is 1. The molecular formula is C11H7BrClFN2O2S. The third kappa shape index (κ3) is 3.43. The van der Waals surface area contributed by atoms with Gasteiger partial charge in [-0.05, 0) is 30.3 Å². The van der Waals surface area contributed by atoms with E-state index < -0.39 is 15.8 Å². The van der Waals surface area contributed by atoms with Gasteiger partial charge in [-0.25, -0.2) is 17.8 Å². The molecule has 2 aromatic rings. The molecule has 1 N–H and O–H groups in total. The van der Waals surface area contributed by atoms with Crippen molar-refractivity contribution < 1.29 is 12.8 Å². The van der Waals surface area contributed by atoms with Crippen molar-refractivity contribution in [3.8, 4) is 0 Å². The minimum Gasteiger partial charge on any atom is -0.263 e. The molecule has 0 bridgehead atoms. The van der Waals surface area contributed by atoms with Crippen LogP contribution in [0.5, 0.6) is 0 Å². The van der Waals surface area contributed by atoms with Crippen LogP contribution in [-0.4, -0.2) is 13.4 Å². The summed E-state index contributed by atoms with van der Waals surface area (Å²) < 4.78 is 39.7. The predicted octanol–water partition coefficient (Wildman–Crippen LogP) is 3.44. The minimum absolute atomic E-state index is 0.0142. The van der Waals surface area contributed by atoms with E-state index in [9.17, 15) is 12.8 Å². The Bertz CT molecular complexity index is 707. The van der Waals surface area contributed by atoms with Crippen LogP contribution < -0.4 is 4.72 Å². The molecule has 19 heavy (non-hydrogen) atoms. The van der Waals surface area contributed by atoms with Gasteiger partial charge in [-0.15, -0.1) is 0 Å². The second-order valence-corrected chi connectivity index (χ2v) is 6.52. The summed E-state index contributed by atoms with van der Waals surface area (Å²) in [6.07, 6.45) is 0.918. The molecule has 2 rings (SSSR count). The highest BCUT2D eigenvalue weighted by Gasteiger charge is 2.18. The monoisotopic (exact) mass is 364 g/mol. The quantitative estimate of drug-likeness (QED) is 0.906. The van der Waals surface area contributed by atoms with E-state index in [-0.39, 0.29) is 15.7 Å². The molecule has 0 saturated carbocycles. The van der Waals surface area contributed by atoms with Crippen LogP contribution in [0.2, 0.25) is 5.02 Å². The van der Waals surface area contributed by atoms with Crippen molar-refractivity contribution in [3.63, 3.8) is 0 Å². The van der Waals surface area contributed by atoms with Gasteiger partial charge in [0.2, 0.25) is 0 Å². The lowest BCUT2D eigenvalue weighted by molar-refractivity contribution is 0.600. The Morgan fingerprint density at radius 2 is 2.00 bits per heavy atom. The molecule has 100 valence electrons. The smallest absolute Gasteiger partial charge is 0.263 e. The van der Waals surface area contributed by atoms with E-state index >= 15 is 0 Å². The normalized spacial score (nSPS) is 11.3. The van der Waals surface area contributed by atoms with E-state index in [2.05, 4.69) is 25.6 Å². The first-order chi connectivity index (χ1) is 8.88. The summed E-state index contributed by atoms with van der Waals surface area (Å²) >= 11 is 9.06. The van der Waals surface area contributed by atoms with Gasteiger partial charge in [-0.1, -0.05) is 27.5 Å². The van der Waals surface area contributed by atoms with E-state index in [1.54, 1.807) is 6.07 Å². The molecule has 8 heteroatoms. The average Bonchev–Trinajstić information content (AvgIpc) is 2.31. The topological polar surface area (TPSA) is 59.1 Å². The molecule has 0 fully saturated rings. The number of hydrogen-bond donors (Lipinski definition) is 1. The summed E-state index contributed by atoms with van der Waals surface area (Å²) in [4.78, 5) is 3.54. The van der Waals surface area contributed by atoms with Gasteiger partial charge < -0.3 is 0 Å². The van der Waals surface area contributed by atoms with Gasteiger partial charge in [0.1, 0.15) is 16.5 Å². The third-order valence-electron chi connectivity index (χ3n) is 2.15. The summed E-state index contributed by atoms with van der Waals surface area (Å²) in [7, 11) is -3.86. The summed E-state index contributed by atoms with van der Waals surface area (Å²) in [5, 5.41) is 0.0731. The molecule has 1 heterocycles. The Balaban J connectivity index is 2.35. The lowest BCUT2D eigenvalue weighted by Gasteiger charge is -2.08. The Morgan fingerprint density at radius 3 is 2.58 bits per heavy atom. The molecule has 1 aromatic heterocycles. The molecule has 1 aromatic carbocycles. The first-order valence-corrected chi connectivity index (χ1v) is 7.63. The van der Waals surface area contributed by atoms with E-state index in [0.717, 1.165) is 12.3 Å². The largest absolute Gasteiger partial charge is 0.264 e. The van der Waals surface area contributed by atoms with Crippen molar-refractivity contribution in [2.45, 2.75) is 4.90 Å². The molecule has 0 radical (unpaired) electrons. The van der Waals surface area contributed by atoms with Crippen molar-refractivity contribution in [2.24, 2.45) is 0 Å². The molecule has 0 aliphatic rings. The summed E-state index contributed by atoms with van der Waals surface area (Å²) in [5.41, 5.74) is 0. The van der Waals surface area contributed by atoms with E-state index in [1.807, 2.05) is 0 Å². The van der Waals surface area contributed by atoms with E-state index in [1.165, 1.54) is 18.2 Å². The summed E-state index contributed by atoms with van der Waals surface area (Å²) in [6, 6.07) is 6.71. The minimum atomic E-state index is -3.86. The number of pyridine rings is 1. The Labute approximate surface area is 122 Å². The van der Waals surface area contributed by atoms with Crippen molar-refractivity contribution in [1.82, 2.24) is 4.98 Å². The molecule has 0 atom stereocenters. The van der Waals surface area contributed by atoms with Gasteiger partial charge in [0, 0.05) is 4.47 Å².